The first-order chi connectivity index (χ1) is 12.7. The van der Waals surface area contributed by atoms with Gasteiger partial charge in [0.15, 0.2) is 17.5 Å². The van der Waals surface area contributed by atoms with Crippen molar-refractivity contribution in [2.45, 2.75) is 31.9 Å². The number of rotatable bonds is 7. The van der Waals surface area contributed by atoms with E-state index in [0.29, 0.717) is 36.0 Å². The molecule has 0 saturated heterocycles. The smallest absolute Gasteiger partial charge is 0.213 e. The molecule has 7 heteroatoms. The van der Waals surface area contributed by atoms with Gasteiger partial charge in [-0.2, -0.15) is 0 Å². The molecule has 0 bridgehead atoms. The van der Waals surface area contributed by atoms with Gasteiger partial charge in [-0.3, -0.25) is 0 Å². The topological polar surface area (TPSA) is 91.0 Å². The predicted octanol–water partition coefficient (Wildman–Crippen LogP) is 2.96. The fourth-order valence-corrected chi connectivity index (χ4v) is 2.55. The van der Waals surface area contributed by atoms with E-state index in [9.17, 15) is 0 Å². The molecule has 1 saturated carbocycles. The van der Waals surface area contributed by atoms with Crippen molar-refractivity contribution < 1.29 is 14.2 Å². The maximum absolute atomic E-state index is 5.99. The quantitative estimate of drug-likeness (QED) is 0.585. The number of ether oxygens (including phenoxy) is 3. The van der Waals surface area contributed by atoms with Crippen LogP contribution >= 0.6 is 0 Å². The zero-order valence-corrected chi connectivity index (χ0v) is 15.1. The molecule has 1 fully saturated rings. The van der Waals surface area contributed by atoms with Gasteiger partial charge in [-0.05, 0) is 43.0 Å². The van der Waals surface area contributed by atoms with Crippen LogP contribution in [-0.2, 0) is 6.54 Å². The van der Waals surface area contributed by atoms with Gasteiger partial charge in [0.05, 0.1) is 20.8 Å². The summed E-state index contributed by atoms with van der Waals surface area (Å²) in [6.45, 7) is 0.440. The van der Waals surface area contributed by atoms with Gasteiger partial charge in [0, 0.05) is 24.0 Å². The van der Waals surface area contributed by atoms with E-state index in [0.717, 1.165) is 24.1 Å². The Morgan fingerprint density at radius 2 is 2.00 bits per heavy atom. The molecule has 0 aliphatic heterocycles. The summed E-state index contributed by atoms with van der Waals surface area (Å²) in [6.07, 6.45) is 5.47. The molecule has 1 aromatic carbocycles. The van der Waals surface area contributed by atoms with Crippen LogP contribution in [0, 0.1) is 0 Å². The molecule has 138 valence electrons. The van der Waals surface area contributed by atoms with Crippen molar-refractivity contribution in [1.29, 1.82) is 0 Å². The maximum atomic E-state index is 5.99. The van der Waals surface area contributed by atoms with E-state index in [1.54, 1.807) is 32.5 Å². The van der Waals surface area contributed by atoms with Crippen LogP contribution in [0.4, 0.5) is 5.69 Å². The normalized spacial score (nSPS) is 14.5. The van der Waals surface area contributed by atoms with Crippen LogP contribution < -0.4 is 25.3 Å². The number of nitrogens with one attached hydrogen (secondary N) is 1. The fourth-order valence-electron chi connectivity index (χ4n) is 2.55. The summed E-state index contributed by atoms with van der Waals surface area (Å²) in [5.74, 6) is 2.24. The van der Waals surface area contributed by atoms with Crippen molar-refractivity contribution in [3.8, 4) is 17.4 Å². The minimum Gasteiger partial charge on any atom is -0.493 e. The van der Waals surface area contributed by atoms with Crippen LogP contribution in [0.5, 0.6) is 17.4 Å². The predicted molar refractivity (Wildman–Crippen MR) is 101 cm³/mol. The molecule has 3 rings (SSSR count). The summed E-state index contributed by atoms with van der Waals surface area (Å²) in [6, 6.07) is 9.27. The van der Waals surface area contributed by atoms with Gasteiger partial charge in [0.25, 0.3) is 0 Å². The number of nitrogens with two attached hydrogens (primary N) is 1. The molecule has 1 aliphatic rings. The summed E-state index contributed by atoms with van der Waals surface area (Å²) < 4.78 is 16.3. The lowest BCUT2D eigenvalue weighted by molar-refractivity contribution is 0.114. The molecular weight excluding hydrogens is 332 g/mol. The summed E-state index contributed by atoms with van der Waals surface area (Å²) in [5, 5.41) is 3.05. The van der Waals surface area contributed by atoms with E-state index in [1.165, 1.54) is 6.42 Å². The van der Waals surface area contributed by atoms with Crippen molar-refractivity contribution in [3.05, 3.63) is 42.1 Å². The van der Waals surface area contributed by atoms with Gasteiger partial charge < -0.3 is 25.3 Å². The molecule has 1 aromatic heterocycles. The number of methoxy groups -OCH3 is 2. The van der Waals surface area contributed by atoms with Crippen LogP contribution in [0.25, 0.3) is 0 Å². The Balaban J connectivity index is 1.60. The Labute approximate surface area is 153 Å². The minimum atomic E-state index is 0.304. The summed E-state index contributed by atoms with van der Waals surface area (Å²) >= 11 is 0. The highest BCUT2D eigenvalue weighted by Gasteiger charge is 2.19. The SMILES string of the molecule is COc1ccc(NC(N)=NCc2ccnc(OC3CCC3)c2)cc1OC. The minimum absolute atomic E-state index is 0.304. The highest BCUT2D eigenvalue weighted by molar-refractivity contribution is 5.92. The standard InChI is InChI=1S/C19H24N4O3/c1-24-16-7-6-14(11-17(16)25-2)23-19(20)22-12-13-8-9-21-18(10-13)26-15-4-3-5-15/h6-11,15H,3-5,12H2,1-2H3,(H3,20,22,23). The number of aromatic nitrogens is 1. The Kier molecular flexibility index (Phi) is 5.78. The van der Waals surface area contributed by atoms with E-state index in [-0.39, 0.29) is 0 Å². The lowest BCUT2D eigenvalue weighted by atomic mass is 9.96. The monoisotopic (exact) mass is 356 g/mol. The fraction of sp³-hybridized carbons (Fsp3) is 0.368. The lowest BCUT2D eigenvalue weighted by Gasteiger charge is -2.25. The molecule has 3 N–H and O–H groups in total. The van der Waals surface area contributed by atoms with E-state index in [4.69, 9.17) is 19.9 Å². The third-order valence-electron chi connectivity index (χ3n) is 4.23. The number of nitrogens with zero attached hydrogens (tertiary/aromatic N) is 2. The molecule has 0 unspecified atom stereocenters. The van der Waals surface area contributed by atoms with Gasteiger partial charge in [0.1, 0.15) is 6.10 Å². The zero-order chi connectivity index (χ0) is 18.4. The van der Waals surface area contributed by atoms with Crippen LogP contribution in [0.2, 0.25) is 0 Å². The molecule has 7 nitrogen and oxygen atoms in total. The average molecular weight is 356 g/mol. The number of hydrogen-bond acceptors (Lipinski definition) is 5. The highest BCUT2D eigenvalue weighted by Crippen LogP contribution is 2.29. The van der Waals surface area contributed by atoms with Crippen LogP contribution in [0.3, 0.4) is 0 Å². The molecule has 1 heterocycles. The third-order valence-corrected chi connectivity index (χ3v) is 4.23. The average Bonchev–Trinajstić information content (AvgIpc) is 2.63. The molecule has 0 radical (unpaired) electrons. The molecule has 0 amide bonds. The summed E-state index contributed by atoms with van der Waals surface area (Å²) in [4.78, 5) is 8.62. The summed E-state index contributed by atoms with van der Waals surface area (Å²) in [7, 11) is 3.18. The second-order valence-corrected chi connectivity index (χ2v) is 6.07. The first-order valence-corrected chi connectivity index (χ1v) is 8.58. The second kappa shape index (κ2) is 8.42. The van der Waals surface area contributed by atoms with Crippen LogP contribution in [0.15, 0.2) is 41.5 Å². The van der Waals surface area contributed by atoms with E-state index in [1.807, 2.05) is 18.2 Å². The molecule has 26 heavy (non-hydrogen) atoms. The largest absolute Gasteiger partial charge is 0.493 e. The molecule has 1 aliphatic carbocycles. The van der Waals surface area contributed by atoms with E-state index >= 15 is 0 Å². The number of pyridine rings is 1. The first-order valence-electron chi connectivity index (χ1n) is 8.58. The molecular formula is C19H24N4O3. The zero-order valence-electron chi connectivity index (χ0n) is 15.1. The lowest BCUT2D eigenvalue weighted by Crippen LogP contribution is -2.25. The summed E-state index contributed by atoms with van der Waals surface area (Å²) in [5.41, 5.74) is 7.75. The van der Waals surface area contributed by atoms with Crippen molar-refractivity contribution in [2.24, 2.45) is 10.7 Å². The number of aliphatic imine (C=N–C) groups is 1. The molecule has 0 spiro atoms. The van der Waals surface area contributed by atoms with Crippen molar-refractivity contribution >= 4 is 11.6 Å². The van der Waals surface area contributed by atoms with Crippen molar-refractivity contribution in [1.82, 2.24) is 4.98 Å². The number of benzene rings is 1. The first kappa shape index (κ1) is 17.8. The van der Waals surface area contributed by atoms with Gasteiger partial charge in [-0.15, -0.1) is 0 Å². The Morgan fingerprint density at radius 1 is 1.19 bits per heavy atom. The second-order valence-electron chi connectivity index (χ2n) is 6.07. The van der Waals surface area contributed by atoms with E-state index < -0.39 is 0 Å². The van der Waals surface area contributed by atoms with Gasteiger partial charge in [-0.25, -0.2) is 9.98 Å². The highest BCUT2D eigenvalue weighted by atomic mass is 16.5. The van der Waals surface area contributed by atoms with Crippen molar-refractivity contribution in [3.63, 3.8) is 0 Å². The molecule has 2 aromatic rings. The molecule has 0 atom stereocenters. The number of guanidine groups is 1. The number of hydrogen-bond donors (Lipinski definition) is 2. The third kappa shape index (κ3) is 4.56. The Hall–Kier alpha value is -2.96. The Morgan fingerprint density at radius 3 is 2.69 bits per heavy atom. The van der Waals surface area contributed by atoms with E-state index in [2.05, 4.69) is 15.3 Å². The van der Waals surface area contributed by atoms with Crippen LogP contribution in [-0.4, -0.2) is 31.3 Å². The maximum Gasteiger partial charge on any atom is 0.213 e. The Bertz CT molecular complexity index is 775. The number of anilines is 1. The van der Waals surface area contributed by atoms with Gasteiger partial charge in [-0.1, -0.05) is 0 Å². The van der Waals surface area contributed by atoms with Gasteiger partial charge in [0.2, 0.25) is 5.88 Å². The van der Waals surface area contributed by atoms with Gasteiger partial charge >= 0.3 is 0 Å². The van der Waals surface area contributed by atoms with Crippen LogP contribution in [0.1, 0.15) is 24.8 Å². The van der Waals surface area contributed by atoms with Crippen molar-refractivity contribution in [2.75, 3.05) is 19.5 Å².